The van der Waals surface area contributed by atoms with E-state index in [0.29, 0.717) is 5.54 Å². The van der Waals surface area contributed by atoms with Crippen molar-refractivity contribution in [2.24, 2.45) is 0 Å². The average molecular weight is 153 g/mol. The van der Waals surface area contributed by atoms with E-state index in [4.69, 9.17) is 0 Å². The zero-order chi connectivity index (χ0) is 8.16. The molecule has 0 spiro atoms. The second kappa shape index (κ2) is 3.91. The maximum atomic E-state index is 3.79. The van der Waals surface area contributed by atoms with E-state index in [-0.39, 0.29) is 0 Å². The first-order valence-corrected chi connectivity index (χ1v) is 4.63. The lowest BCUT2D eigenvalue weighted by Crippen LogP contribution is -2.40. The fourth-order valence-electron chi connectivity index (χ4n) is 1.79. The van der Waals surface area contributed by atoms with Gasteiger partial charge in [0.25, 0.3) is 0 Å². The Morgan fingerprint density at radius 3 is 3.00 bits per heavy atom. The molecule has 0 radical (unpaired) electrons. The lowest BCUT2D eigenvalue weighted by atomic mass is 9.92. The monoisotopic (exact) mass is 153 g/mol. The van der Waals surface area contributed by atoms with Crippen molar-refractivity contribution in [1.29, 1.82) is 0 Å². The van der Waals surface area contributed by atoms with E-state index in [1.165, 1.54) is 32.2 Å². The minimum Gasteiger partial charge on any atom is -0.311 e. The van der Waals surface area contributed by atoms with Crippen molar-refractivity contribution in [3.8, 4) is 0 Å². The minimum atomic E-state index is 0.345. The third kappa shape index (κ3) is 2.66. The summed E-state index contributed by atoms with van der Waals surface area (Å²) in [6.45, 7) is 7.28. The summed E-state index contributed by atoms with van der Waals surface area (Å²) in [4.78, 5) is 0. The van der Waals surface area contributed by atoms with Gasteiger partial charge < -0.3 is 5.32 Å². The van der Waals surface area contributed by atoms with Gasteiger partial charge in [0, 0.05) is 5.54 Å². The van der Waals surface area contributed by atoms with Gasteiger partial charge in [-0.15, -0.1) is 6.58 Å². The van der Waals surface area contributed by atoms with E-state index in [9.17, 15) is 0 Å². The van der Waals surface area contributed by atoms with Gasteiger partial charge in [0.15, 0.2) is 0 Å². The first-order valence-electron chi connectivity index (χ1n) is 4.63. The number of hydrogen-bond donors (Lipinski definition) is 1. The Labute approximate surface area is 69.9 Å². The van der Waals surface area contributed by atoms with Crippen molar-refractivity contribution in [3.63, 3.8) is 0 Å². The first-order chi connectivity index (χ1) is 5.27. The van der Waals surface area contributed by atoms with Crippen molar-refractivity contribution in [2.45, 2.75) is 44.6 Å². The van der Waals surface area contributed by atoms with Gasteiger partial charge in [0.05, 0.1) is 0 Å². The van der Waals surface area contributed by atoms with Gasteiger partial charge in [-0.05, 0) is 32.7 Å². The Balaban J connectivity index is 2.44. The van der Waals surface area contributed by atoms with E-state index < -0.39 is 0 Å². The molecule has 1 rings (SSSR count). The van der Waals surface area contributed by atoms with Crippen molar-refractivity contribution < 1.29 is 0 Å². The Morgan fingerprint density at radius 1 is 1.45 bits per heavy atom. The van der Waals surface area contributed by atoms with Crippen LogP contribution in [-0.4, -0.2) is 12.1 Å². The van der Waals surface area contributed by atoms with Gasteiger partial charge >= 0.3 is 0 Å². The fraction of sp³-hybridized carbons (Fsp3) is 0.800. The molecule has 0 aromatic carbocycles. The largest absolute Gasteiger partial charge is 0.311 e. The Bertz CT molecular complexity index is 121. The van der Waals surface area contributed by atoms with Crippen LogP contribution < -0.4 is 5.32 Å². The van der Waals surface area contributed by atoms with Gasteiger partial charge in [-0.3, -0.25) is 0 Å². The summed E-state index contributed by atoms with van der Waals surface area (Å²) in [6.07, 6.45) is 8.54. The summed E-state index contributed by atoms with van der Waals surface area (Å²) < 4.78 is 0. The standard InChI is InChI=1S/C10H19N/c1-3-7-10(2)8-5-4-6-9-11-10/h3,11H,1,4-9H2,2H3. The number of nitrogens with one attached hydrogen (secondary N) is 1. The highest BCUT2D eigenvalue weighted by atomic mass is 15.0. The predicted octanol–water partition coefficient (Wildman–Crippen LogP) is 2.48. The molecule has 0 aromatic heterocycles. The molecule has 0 bridgehead atoms. The molecule has 1 atom stereocenters. The molecule has 1 heterocycles. The van der Waals surface area contributed by atoms with Crippen molar-refractivity contribution in [2.75, 3.05) is 6.54 Å². The Kier molecular flexibility index (Phi) is 3.13. The molecule has 1 fully saturated rings. The average Bonchev–Trinajstić information content (AvgIpc) is 2.15. The third-order valence-electron chi connectivity index (χ3n) is 2.55. The minimum absolute atomic E-state index is 0.345. The van der Waals surface area contributed by atoms with Crippen molar-refractivity contribution in [3.05, 3.63) is 12.7 Å². The van der Waals surface area contributed by atoms with Crippen LogP contribution in [0.25, 0.3) is 0 Å². The second-order valence-electron chi connectivity index (χ2n) is 3.79. The second-order valence-corrected chi connectivity index (χ2v) is 3.79. The molecule has 64 valence electrons. The SMILES string of the molecule is C=CCC1(C)CCCCCN1. The van der Waals surface area contributed by atoms with Crippen LogP contribution >= 0.6 is 0 Å². The summed E-state index contributed by atoms with van der Waals surface area (Å²) in [7, 11) is 0. The fourth-order valence-corrected chi connectivity index (χ4v) is 1.79. The Morgan fingerprint density at radius 2 is 2.27 bits per heavy atom. The summed E-state index contributed by atoms with van der Waals surface area (Å²) >= 11 is 0. The van der Waals surface area contributed by atoms with E-state index in [0.717, 1.165) is 6.42 Å². The van der Waals surface area contributed by atoms with Gasteiger partial charge in [-0.25, -0.2) is 0 Å². The van der Waals surface area contributed by atoms with Crippen LogP contribution in [-0.2, 0) is 0 Å². The van der Waals surface area contributed by atoms with E-state index in [1.807, 2.05) is 6.08 Å². The zero-order valence-corrected chi connectivity index (χ0v) is 7.53. The van der Waals surface area contributed by atoms with Crippen LogP contribution in [0.4, 0.5) is 0 Å². The van der Waals surface area contributed by atoms with Gasteiger partial charge in [0.2, 0.25) is 0 Å². The summed E-state index contributed by atoms with van der Waals surface area (Å²) in [6, 6.07) is 0. The number of hydrogen-bond acceptors (Lipinski definition) is 1. The molecule has 1 heteroatoms. The quantitative estimate of drug-likeness (QED) is 0.601. The molecule has 11 heavy (non-hydrogen) atoms. The smallest absolute Gasteiger partial charge is 0.0187 e. The van der Waals surface area contributed by atoms with Gasteiger partial charge in [-0.1, -0.05) is 18.9 Å². The van der Waals surface area contributed by atoms with Crippen molar-refractivity contribution in [1.82, 2.24) is 5.32 Å². The lowest BCUT2D eigenvalue weighted by Gasteiger charge is -2.27. The molecule has 1 unspecified atom stereocenters. The highest BCUT2D eigenvalue weighted by molar-refractivity contribution is 4.91. The molecule has 1 aliphatic rings. The molecule has 1 nitrogen and oxygen atoms in total. The maximum Gasteiger partial charge on any atom is 0.0187 e. The highest BCUT2D eigenvalue weighted by Gasteiger charge is 2.22. The van der Waals surface area contributed by atoms with E-state index in [2.05, 4.69) is 18.8 Å². The van der Waals surface area contributed by atoms with Crippen LogP contribution in [0.1, 0.15) is 39.0 Å². The highest BCUT2D eigenvalue weighted by Crippen LogP contribution is 2.21. The molecular weight excluding hydrogens is 134 g/mol. The van der Waals surface area contributed by atoms with Crippen LogP contribution in [0.3, 0.4) is 0 Å². The third-order valence-corrected chi connectivity index (χ3v) is 2.55. The molecule has 1 N–H and O–H groups in total. The lowest BCUT2D eigenvalue weighted by molar-refractivity contribution is 0.352. The first kappa shape index (κ1) is 8.79. The molecule has 0 aliphatic carbocycles. The molecule has 0 amide bonds. The van der Waals surface area contributed by atoms with Gasteiger partial charge in [0.1, 0.15) is 0 Å². The van der Waals surface area contributed by atoms with Gasteiger partial charge in [-0.2, -0.15) is 0 Å². The summed E-state index contributed by atoms with van der Waals surface area (Å²) in [5, 5.41) is 3.59. The topological polar surface area (TPSA) is 12.0 Å². The normalized spacial score (nSPS) is 32.8. The molecule has 1 saturated heterocycles. The summed E-state index contributed by atoms with van der Waals surface area (Å²) in [5.41, 5.74) is 0.345. The molecular formula is C10H19N. The van der Waals surface area contributed by atoms with Crippen LogP contribution in [0.5, 0.6) is 0 Å². The predicted molar refractivity (Wildman–Crippen MR) is 49.7 cm³/mol. The van der Waals surface area contributed by atoms with Crippen molar-refractivity contribution >= 4 is 0 Å². The van der Waals surface area contributed by atoms with E-state index >= 15 is 0 Å². The molecule has 0 saturated carbocycles. The van der Waals surface area contributed by atoms with Crippen LogP contribution in [0, 0.1) is 0 Å². The number of rotatable bonds is 2. The Hall–Kier alpha value is -0.300. The van der Waals surface area contributed by atoms with E-state index in [1.54, 1.807) is 0 Å². The molecule has 0 aromatic rings. The zero-order valence-electron chi connectivity index (χ0n) is 7.53. The van der Waals surface area contributed by atoms with Crippen LogP contribution in [0.2, 0.25) is 0 Å². The van der Waals surface area contributed by atoms with Crippen LogP contribution in [0.15, 0.2) is 12.7 Å². The summed E-state index contributed by atoms with van der Waals surface area (Å²) in [5.74, 6) is 0. The molecule has 1 aliphatic heterocycles. The maximum absolute atomic E-state index is 3.79.